The number of pyridine rings is 1. The Morgan fingerprint density at radius 2 is 1.94 bits per heavy atom. The number of rotatable bonds is 4. The highest BCUT2D eigenvalue weighted by molar-refractivity contribution is 5.45. The third kappa shape index (κ3) is 4.37. The van der Waals surface area contributed by atoms with Crippen LogP contribution < -0.4 is 10.6 Å². The Bertz CT molecular complexity index is 338. The zero-order valence-corrected chi connectivity index (χ0v) is 9.10. The third-order valence-corrected chi connectivity index (χ3v) is 1.94. The fraction of sp³-hybridized carbons (Fsp3) is 0.500. The van der Waals surface area contributed by atoms with Crippen molar-refractivity contribution in [3.8, 4) is 0 Å². The van der Waals surface area contributed by atoms with Gasteiger partial charge in [0.1, 0.15) is 11.6 Å². The predicted octanol–water partition coefficient (Wildman–Crippen LogP) is 2.88. The number of hydrogen-bond donors (Lipinski definition) is 2. The van der Waals surface area contributed by atoms with E-state index < -0.39 is 18.6 Å². The van der Waals surface area contributed by atoms with Crippen molar-refractivity contribution in [2.75, 3.05) is 17.7 Å². The van der Waals surface area contributed by atoms with Gasteiger partial charge in [-0.1, -0.05) is 6.07 Å². The second-order valence-corrected chi connectivity index (χ2v) is 3.52. The van der Waals surface area contributed by atoms with Crippen LogP contribution in [0.2, 0.25) is 0 Å². The molecule has 1 aromatic heterocycles. The van der Waals surface area contributed by atoms with E-state index in [1.165, 1.54) is 6.92 Å². The van der Waals surface area contributed by atoms with Crippen molar-refractivity contribution in [3.63, 3.8) is 0 Å². The van der Waals surface area contributed by atoms with E-state index in [0.717, 1.165) is 0 Å². The Hall–Kier alpha value is -1.46. The van der Waals surface area contributed by atoms with Gasteiger partial charge in [-0.15, -0.1) is 0 Å². The summed E-state index contributed by atoms with van der Waals surface area (Å²) < 4.78 is 36.2. The lowest BCUT2D eigenvalue weighted by Crippen LogP contribution is -2.24. The van der Waals surface area contributed by atoms with E-state index in [-0.39, 0.29) is 0 Å². The molecule has 16 heavy (non-hydrogen) atoms. The monoisotopic (exact) mass is 233 g/mol. The fourth-order valence-electron chi connectivity index (χ4n) is 1.30. The highest BCUT2D eigenvalue weighted by atomic mass is 19.4. The number of halogens is 3. The van der Waals surface area contributed by atoms with Gasteiger partial charge in [0, 0.05) is 13.1 Å². The molecule has 0 aliphatic carbocycles. The fourth-order valence-corrected chi connectivity index (χ4v) is 1.30. The van der Waals surface area contributed by atoms with Gasteiger partial charge in [-0.05, 0) is 19.1 Å². The average molecular weight is 233 g/mol. The van der Waals surface area contributed by atoms with Crippen molar-refractivity contribution in [3.05, 3.63) is 18.2 Å². The summed E-state index contributed by atoms with van der Waals surface area (Å²) in [5.41, 5.74) is 0. The van der Waals surface area contributed by atoms with Crippen LogP contribution in [0.25, 0.3) is 0 Å². The first kappa shape index (κ1) is 12.6. The minimum Gasteiger partial charge on any atom is -0.373 e. The largest absolute Gasteiger partial charge is 0.391 e. The second-order valence-electron chi connectivity index (χ2n) is 3.52. The quantitative estimate of drug-likeness (QED) is 0.839. The molecule has 1 heterocycles. The van der Waals surface area contributed by atoms with Gasteiger partial charge in [0.15, 0.2) is 0 Å². The van der Waals surface area contributed by atoms with Crippen molar-refractivity contribution in [2.45, 2.75) is 25.6 Å². The molecule has 90 valence electrons. The molecule has 1 atom stereocenters. The van der Waals surface area contributed by atoms with E-state index in [4.69, 9.17) is 0 Å². The first-order valence-corrected chi connectivity index (χ1v) is 4.89. The minimum atomic E-state index is -4.16. The van der Waals surface area contributed by atoms with Crippen LogP contribution in [0.3, 0.4) is 0 Å². The highest BCUT2D eigenvalue weighted by Gasteiger charge is 2.29. The van der Waals surface area contributed by atoms with Crippen molar-refractivity contribution >= 4 is 11.6 Å². The van der Waals surface area contributed by atoms with Gasteiger partial charge in [0.25, 0.3) is 0 Å². The molecule has 6 heteroatoms. The molecule has 0 saturated carbocycles. The molecule has 0 amide bonds. The molecule has 0 fully saturated rings. The number of nitrogens with one attached hydrogen (secondary N) is 2. The standard InChI is InChI=1S/C10H14F3N3/c1-7(6-10(11,12)13)15-9-5-3-4-8(14-2)16-9/h3-5,7H,6H2,1-2H3,(H2,14,15,16). The maximum Gasteiger partial charge on any atom is 0.391 e. The maximum absolute atomic E-state index is 12.1. The van der Waals surface area contributed by atoms with E-state index in [2.05, 4.69) is 15.6 Å². The van der Waals surface area contributed by atoms with E-state index in [9.17, 15) is 13.2 Å². The first-order chi connectivity index (χ1) is 7.40. The molecule has 0 bridgehead atoms. The SMILES string of the molecule is CNc1cccc(NC(C)CC(F)(F)F)n1. The molecule has 1 unspecified atom stereocenters. The smallest absolute Gasteiger partial charge is 0.373 e. The molecule has 1 aromatic rings. The van der Waals surface area contributed by atoms with Gasteiger partial charge >= 0.3 is 6.18 Å². The highest BCUT2D eigenvalue weighted by Crippen LogP contribution is 2.23. The number of nitrogens with zero attached hydrogens (tertiary/aromatic N) is 1. The van der Waals surface area contributed by atoms with Crippen molar-refractivity contribution in [1.82, 2.24) is 4.98 Å². The summed E-state index contributed by atoms with van der Waals surface area (Å²) in [6.45, 7) is 1.47. The van der Waals surface area contributed by atoms with Crippen LogP contribution in [0.4, 0.5) is 24.8 Å². The van der Waals surface area contributed by atoms with Gasteiger partial charge in [0.2, 0.25) is 0 Å². The summed E-state index contributed by atoms with van der Waals surface area (Å²) in [5.74, 6) is 1.05. The Balaban J connectivity index is 2.59. The van der Waals surface area contributed by atoms with E-state index >= 15 is 0 Å². The molecule has 0 aliphatic rings. The van der Waals surface area contributed by atoms with E-state index in [1.807, 2.05) is 0 Å². The maximum atomic E-state index is 12.1. The van der Waals surface area contributed by atoms with Crippen LogP contribution >= 0.6 is 0 Å². The lowest BCUT2D eigenvalue weighted by Gasteiger charge is -2.16. The summed E-state index contributed by atoms with van der Waals surface area (Å²) in [5, 5.41) is 5.52. The Morgan fingerprint density at radius 1 is 1.31 bits per heavy atom. The number of hydrogen-bond acceptors (Lipinski definition) is 3. The lowest BCUT2D eigenvalue weighted by molar-refractivity contribution is -0.136. The molecule has 3 nitrogen and oxygen atoms in total. The number of alkyl halides is 3. The third-order valence-electron chi connectivity index (χ3n) is 1.94. The number of aromatic nitrogens is 1. The Kier molecular flexibility index (Phi) is 3.98. The summed E-state index contributed by atoms with van der Waals surface area (Å²) in [6, 6.07) is 4.40. The van der Waals surface area contributed by atoms with Crippen LogP contribution in [0.15, 0.2) is 18.2 Å². The van der Waals surface area contributed by atoms with Gasteiger partial charge in [-0.3, -0.25) is 0 Å². The molecule has 0 saturated heterocycles. The van der Waals surface area contributed by atoms with Crippen molar-refractivity contribution < 1.29 is 13.2 Å². The normalized spacial score (nSPS) is 13.3. The van der Waals surface area contributed by atoms with Gasteiger partial charge in [0.05, 0.1) is 6.42 Å². The predicted molar refractivity (Wildman–Crippen MR) is 57.5 cm³/mol. The minimum absolute atomic E-state index is 0.434. The molecule has 0 radical (unpaired) electrons. The van der Waals surface area contributed by atoms with Crippen LogP contribution in [-0.2, 0) is 0 Å². The summed E-state index contributed by atoms with van der Waals surface area (Å²) in [4.78, 5) is 4.07. The van der Waals surface area contributed by atoms with Crippen LogP contribution in [-0.4, -0.2) is 24.2 Å². The second kappa shape index (κ2) is 5.05. The Labute approximate surface area is 92.1 Å². The zero-order chi connectivity index (χ0) is 12.2. The van der Waals surface area contributed by atoms with Gasteiger partial charge in [-0.2, -0.15) is 13.2 Å². The molecule has 0 aromatic carbocycles. The zero-order valence-electron chi connectivity index (χ0n) is 9.10. The Morgan fingerprint density at radius 3 is 2.50 bits per heavy atom. The number of anilines is 2. The topological polar surface area (TPSA) is 37.0 Å². The molecule has 0 spiro atoms. The average Bonchev–Trinajstić information content (AvgIpc) is 2.15. The van der Waals surface area contributed by atoms with E-state index in [1.54, 1.807) is 25.2 Å². The molecule has 0 aliphatic heterocycles. The first-order valence-electron chi connectivity index (χ1n) is 4.89. The van der Waals surface area contributed by atoms with Crippen LogP contribution in [0.5, 0.6) is 0 Å². The van der Waals surface area contributed by atoms with E-state index in [0.29, 0.717) is 11.6 Å². The van der Waals surface area contributed by atoms with Crippen LogP contribution in [0.1, 0.15) is 13.3 Å². The molecular formula is C10H14F3N3. The molecule has 1 rings (SSSR count). The summed E-state index contributed by atoms with van der Waals surface area (Å²) in [6.07, 6.45) is -5.04. The molecular weight excluding hydrogens is 219 g/mol. The van der Waals surface area contributed by atoms with Gasteiger partial charge < -0.3 is 10.6 Å². The summed E-state index contributed by atoms with van der Waals surface area (Å²) >= 11 is 0. The lowest BCUT2D eigenvalue weighted by atomic mass is 10.2. The van der Waals surface area contributed by atoms with Gasteiger partial charge in [-0.25, -0.2) is 4.98 Å². The van der Waals surface area contributed by atoms with Crippen LogP contribution in [0, 0.1) is 0 Å². The van der Waals surface area contributed by atoms with Crippen molar-refractivity contribution in [2.24, 2.45) is 0 Å². The molecule has 2 N–H and O–H groups in total. The van der Waals surface area contributed by atoms with Crippen molar-refractivity contribution in [1.29, 1.82) is 0 Å². The summed E-state index contributed by atoms with van der Waals surface area (Å²) in [7, 11) is 1.70.